The summed E-state index contributed by atoms with van der Waals surface area (Å²) in [5, 5.41) is 11.8. The van der Waals surface area contributed by atoms with Crippen molar-refractivity contribution in [1.29, 1.82) is 0 Å². The maximum Gasteiger partial charge on any atom is 0.308 e. The number of thiophene rings is 1. The minimum atomic E-state index is -0.808. The molecule has 21 heavy (non-hydrogen) atoms. The molecule has 0 aliphatic rings. The fraction of sp³-hybridized carbons (Fsp3) is 0.0667. The first-order valence-electron chi connectivity index (χ1n) is 6.14. The van der Waals surface area contributed by atoms with Crippen molar-refractivity contribution in [3.63, 3.8) is 0 Å². The van der Waals surface area contributed by atoms with Gasteiger partial charge in [0.2, 0.25) is 0 Å². The molecular formula is C15H10BrNO2S2. The lowest BCUT2D eigenvalue weighted by atomic mass is 10.2. The van der Waals surface area contributed by atoms with Crippen LogP contribution in [0.4, 0.5) is 0 Å². The van der Waals surface area contributed by atoms with Crippen LogP contribution in [0.3, 0.4) is 0 Å². The Hall–Kier alpha value is -1.50. The van der Waals surface area contributed by atoms with Crippen LogP contribution in [0, 0.1) is 0 Å². The molecule has 3 rings (SSSR count). The van der Waals surface area contributed by atoms with Gasteiger partial charge in [0, 0.05) is 20.3 Å². The first-order chi connectivity index (χ1) is 10.1. The predicted octanol–water partition coefficient (Wildman–Crippen LogP) is 4.93. The molecule has 0 aliphatic heterocycles. The number of hydrogen-bond donors (Lipinski definition) is 1. The third-order valence-electron chi connectivity index (χ3n) is 2.83. The Morgan fingerprint density at radius 3 is 2.67 bits per heavy atom. The van der Waals surface area contributed by atoms with Crippen LogP contribution in [0.2, 0.25) is 0 Å². The zero-order chi connectivity index (χ0) is 14.8. The summed E-state index contributed by atoms with van der Waals surface area (Å²) in [7, 11) is 0. The fourth-order valence-electron chi connectivity index (χ4n) is 1.87. The molecule has 0 atom stereocenters. The summed E-state index contributed by atoms with van der Waals surface area (Å²) in [6.07, 6.45) is 0.0639. The quantitative estimate of drug-likeness (QED) is 0.698. The summed E-state index contributed by atoms with van der Waals surface area (Å²) in [6.45, 7) is 0. The summed E-state index contributed by atoms with van der Waals surface area (Å²) in [5.74, 6) is -0.808. The van der Waals surface area contributed by atoms with E-state index in [1.165, 1.54) is 11.3 Å². The van der Waals surface area contributed by atoms with Gasteiger partial charge in [0.05, 0.1) is 17.0 Å². The average Bonchev–Trinajstić information content (AvgIpc) is 3.07. The molecule has 1 aromatic carbocycles. The number of halogens is 1. The van der Waals surface area contributed by atoms with E-state index < -0.39 is 5.97 Å². The van der Waals surface area contributed by atoms with Crippen molar-refractivity contribution < 1.29 is 9.90 Å². The Balaban J connectivity index is 1.86. The Kier molecular flexibility index (Phi) is 4.19. The second kappa shape index (κ2) is 6.09. The monoisotopic (exact) mass is 379 g/mol. The molecule has 3 nitrogen and oxygen atoms in total. The maximum absolute atomic E-state index is 10.7. The van der Waals surface area contributed by atoms with Crippen molar-refractivity contribution in [2.45, 2.75) is 6.42 Å². The van der Waals surface area contributed by atoms with Gasteiger partial charge in [0.1, 0.15) is 5.01 Å². The van der Waals surface area contributed by atoms with E-state index in [0.29, 0.717) is 0 Å². The number of aliphatic carboxylic acids is 1. The van der Waals surface area contributed by atoms with E-state index >= 15 is 0 Å². The highest BCUT2D eigenvalue weighted by molar-refractivity contribution is 9.10. The molecule has 0 radical (unpaired) electrons. The van der Waals surface area contributed by atoms with Crippen LogP contribution in [0.25, 0.3) is 21.1 Å². The van der Waals surface area contributed by atoms with Crippen molar-refractivity contribution in [1.82, 2.24) is 4.98 Å². The van der Waals surface area contributed by atoms with Gasteiger partial charge in [0.15, 0.2) is 0 Å². The van der Waals surface area contributed by atoms with E-state index in [-0.39, 0.29) is 6.42 Å². The predicted molar refractivity (Wildman–Crippen MR) is 89.9 cm³/mol. The van der Waals surface area contributed by atoms with Crippen LogP contribution >= 0.6 is 38.6 Å². The first-order valence-corrected chi connectivity index (χ1v) is 8.63. The molecule has 0 spiro atoms. The number of nitrogens with zero attached hydrogens (tertiary/aromatic N) is 1. The molecule has 0 saturated carbocycles. The minimum absolute atomic E-state index is 0.0639. The molecule has 0 amide bonds. The van der Waals surface area contributed by atoms with E-state index in [1.54, 1.807) is 11.3 Å². The van der Waals surface area contributed by atoms with Crippen LogP contribution in [-0.4, -0.2) is 16.1 Å². The highest BCUT2D eigenvalue weighted by Crippen LogP contribution is 2.33. The second-order valence-electron chi connectivity index (χ2n) is 4.38. The van der Waals surface area contributed by atoms with E-state index in [1.807, 2.05) is 41.8 Å². The molecule has 2 aromatic heterocycles. The zero-order valence-corrected chi connectivity index (χ0v) is 14.0. The summed E-state index contributed by atoms with van der Waals surface area (Å²) in [6, 6.07) is 11.8. The van der Waals surface area contributed by atoms with Gasteiger partial charge in [-0.25, -0.2) is 4.98 Å². The SMILES string of the molecule is O=C(O)Cc1ccc(-c2csc(-c3ccc(Br)cc3)n2)s1. The van der Waals surface area contributed by atoms with Crippen molar-refractivity contribution >= 4 is 44.6 Å². The van der Waals surface area contributed by atoms with Gasteiger partial charge in [-0.1, -0.05) is 28.1 Å². The molecule has 6 heteroatoms. The standard InChI is InChI=1S/C15H10BrNO2S2/c16-10-3-1-9(2-4-10)15-17-12(8-20-15)13-6-5-11(21-13)7-14(18)19/h1-6,8H,7H2,(H,18,19). The lowest BCUT2D eigenvalue weighted by molar-refractivity contribution is -0.136. The summed E-state index contributed by atoms with van der Waals surface area (Å²) in [4.78, 5) is 17.2. The molecule has 2 heterocycles. The third-order valence-corrected chi connectivity index (χ3v) is 5.36. The number of benzene rings is 1. The third kappa shape index (κ3) is 3.40. The zero-order valence-electron chi connectivity index (χ0n) is 10.7. The van der Waals surface area contributed by atoms with Crippen molar-refractivity contribution in [2.75, 3.05) is 0 Å². The number of carbonyl (C=O) groups is 1. The van der Waals surface area contributed by atoms with Gasteiger partial charge in [0.25, 0.3) is 0 Å². The van der Waals surface area contributed by atoms with Crippen LogP contribution in [0.5, 0.6) is 0 Å². The Morgan fingerprint density at radius 2 is 1.95 bits per heavy atom. The number of hydrogen-bond acceptors (Lipinski definition) is 4. The second-order valence-corrected chi connectivity index (χ2v) is 7.32. The summed E-state index contributed by atoms with van der Waals surface area (Å²) >= 11 is 6.49. The van der Waals surface area contributed by atoms with Crippen LogP contribution in [0.1, 0.15) is 4.88 Å². The Bertz CT molecular complexity index is 777. The molecular weight excluding hydrogens is 370 g/mol. The first kappa shape index (κ1) is 14.4. The number of aromatic nitrogens is 1. The summed E-state index contributed by atoms with van der Waals surface area (Å²) in [5.41, 5.74) is 1.98. The minimum Gasteiger partial charge on any atom is -0.481 e. The van der Waals surface area contributed by atoms with E-state index in [2.05, 4.69) is 20.9 Å². The molecule has 0 bridgehead atoms. The molecule has 0 fully saturated rings. The highest BCUT2D eigenvalue weighted by atomic mass is 79.9. The van der Waals surface area contributed by atoms with Crippen molar-refractivity contribution in [3.05, 3.63) is 51.1 Å². The van der Waals surface area contributed by atoms with E-state index in [4.69, 9.17) is 5.11 Å². The van der Waals surface area contributed by atoms with Gasteiger partial charge < -0.3 is 5.11 Å². The topological polar surface area (TPSA) is 50.2 Å². The lowest BCUT2D eigenvalue weighted by Gasteiger charge is -1.95. The van der Waals surface area contributed by atoms with Gasteiger partial charge >= 0.3 is 5.97 Å². The van der Waals surface area contributed by atoms with Crippen LogP contribution in [-0.2, 0) is 11.2 Å². The molecule has 0 saturated heterocycles. The van der Waals surface area contributed by atoms with Crippen LogP contribution < -0.4 is 0 Å². The van der Waals surface area contributed by atoms with Gasteiger partial charge in [-0.3, -0.25) is 4.79 Å². The Labute approximate surface area is 138 Å². The van der Waals surface area contributed by atoms with Gasteiger partial charge in [-0.05, 0) is 24.3 Å². The summed E-state index contributed by atoms with van der Waals surface area (Å²) < 4.78 is 1.04. The number of thiazole rings is 1. The number of carboxylic acid groups (broad SMARTS) is 1. The number of carboxylic acids is 1. The Morgan fingerprint density at radius 1 is 1.19 bits per heavy atom. The number of rotatable bonds is 4. The molecule has 0 unspecified atom stereocenters. The van der Waals surface area contributed by atoms with E-state index in [9.17, 15) is 4.79 Å². The van der Waals surface area contributed by atoms with Gasteiger partial charge in [-0.2, -0.15) is 0 Å². The normalized spacial score (nSPS) is 10.7. The van der Waals surface area contributed by atoms with Crippen LogP contribution in [0.15, 0.2) is 46.3 Å². The van der Waals surface area contributed by atoms with Crippen molar-refractivity contribution in [3.8, 4) is 21.1 Å². The molecule has 3 aromatic rings. The highest BCUT2D eigenvalue weighted by Gasteiger charge is 2.10. The largest absolute Gasteiger partial charge is 0.481 e. The molecule has 1 N–H and O–H groups in total. The van der Waals surface area contributed by atoms with Gasteiger partial charge in [-0.15, -0.1) is 22.7 Å². The average molecular weight is 380 g/mol. The van der Waals surface area contributed by atoms with Crippen molar-refractivity contribution in [2.24, 2.45) is 0 Å². The van der Waals surface area contributed by atoms with E-state index in [0.717, 1.165) is 30.5 Å². The fourth-order valence-corrected chi connectivity index (χ4v) is 4.00. The maximum atomic E-state index is 10.7. The lowest BCUT2D eigenvalue weighted by Crippen LogP contribution is -1.96. The molecule has 106 valence electrons. The smallest absolute Gasteiger partial charge is 0.308 e. The molecule has 0 aliphatic carbocycles.